The summed E-state index contributed by atoms with van der Waals surface area (Å²) in [4.78, 5) is 12.8. The van der Waals surface area contributed by atoms with Crippen LogP contribution in [-0.2, 0) is 14.8 Å². The predicted octanol–water partition coefficient (Wildman–Crippen LogP) is -0.459. The fourth-order valence-corrected chi connectivity index (χ4v) is 2.50. The highest BCUT2D eigenvalue weighted by atomic mass is 32.2. The molecule has 88 valence electrons. The highest BCUT2D eigenvalue weighted by Crippen LogP contribution is 2.15. The van der Waals surface area contributed by atoms with Gasteiger partial charge in [-0.25, -0.2) is 8.42 Å². The summed E-state index contributed by atoms with van der Waals surface area (Å²) >= 11 is 0. The number of sulfonamides is 1. The summed E-state index contributed by atoms with van der Waals surface area (Å²) in [7, 11) is -3.08. The van der Waals surface area contributed by atoms with Crippen molar-refractivity contribution in [1.82, 2.24) is 9.21 Å². The Hall–Kier alpha value is -0.460. The molecule has 0 spiro atoms. The first kappa shape index (κ1) is 12.6. The van der Waals surface area contributed by atoms with E-state index in [2.05, 4.69) is 0 Å². The zero-order valence-corrected chi connectivity index (χ0v) is 10.2. The van der Waals surface area contributed by atoms with E-state index >= 15 is 0 Å². The van der Waals surface area contributed by atoms with E-state index in [1.165, 1.54) is 10.6 Å². The summed E-state index contributed by atoms with van der Waals surface area (Å²) in [5.41, 5.74) is -0.496. The number of hydrogen-bond donors (Lipinski definition) is 0. The van der Waals surface area contributed by atoms with Crippen molar-refractivity contribution in [1.29, 1.82) is 0 Å². The third kappa shape index (κ3) is 2.99. The number of carbonyl (C=O) groups excluding carboxylic acids is 1. The summed E-state index contributed by atoms with van der Waals surface area (Å²) < 4.78 is 23.9. The van der Waals surface area contributed by atoms with E-state index in [0.717, 1.165) is 6.29 Å². The van der Waals surface area contributed by atoms with Gasteiger partial charge >= 0.3 is 0 Å². The molecule has 0 bridgehead atoms. The van der Waals surface area contributed by atoms with Crippen molar-refractivity contribution in [3.05, 3.63) is 0 Å². The zero-order valence-electron chi connectivity index (χ0n) is 9.43. The van der Waals surface area contributed by atoms with Crippen LogP contribution in [0.1, 0.15) is 13.8 Å². The Morgan fingerprint density at radius 3 is 1.93 bits per heavy atom. The molecule has 1 fully saturated rings. The summed E-state index contributed by atoms with van der Waals surface area (Å²) in [6.07, 6.45) is 2.12. The number of aldehydes is 1. The molecule has 1 aliphatic rings. The van der Waals surface area contributed by atoms with Crippen molar-refractivity contribution in [2.45, 2.75) is 19.4 Å². The third-order valence-electron chi connectivity index (χ3n) is 2.81. The van der Waals surface area contributed by atoms with Crippen LogP contribution in [0.5, 0.6) is 0 Å². The molecule has 0 N–H and O–H groups in total. The minimum atomic E-state index is -3.08. The highest BCUT2D eigenvalue weighted by molar-refractivity contribution is 7.88. The molecule has 15 heavy (non-hydrogen) atoms. The maximum absolute atomic E-state index is 11.3. The molecule has 1 aliphatic heterocycles. The topological polar surface area (TPSA) is 57.7 Å². The number of hydrogen-bond acceptors (Lipinski definition) is 4. The van der Waals surface area contributed by atoms with Crippen LogP contribution in [0.4, 0.5) is 0 Å². The van der Waals surface area contributed by atoms with E-state index in [4.69, 9.17) is 0 Å². The molecule has 1 rings (SSSR count). The van der Waals surface area contributed by atoms with E-state index in [1.807, 2.05) is 18.7 Å². The number of nitrogens with zero attached hydrogens (tertiary/aromatic N) is 2. The van der Waals surface area contributed by atoms with Crippen molar-refractivity contribution >= 4 is 16.3 Å². The van der Waals surface area contributed by atoms with Crippen LogP contribution in [0.25, 0.3) is 0 Å². The van der Waals surface area contributed by atoms with Gasteiger partial charge in [-0.2, -0.15) is 4.31 Å². The third-order valence-corrected chi connectivity index (χ3v) is 4.11. The highest BCUT2D eigenvalue weighted by Gasteiger charge is 2.31. The van der Waals surface area contributed by atoms with E-state index in [0.29, 0.717) is 26.2 Å². The van der Waals surface area contributed by atoms with Crippen molar-refractivity contribution in [2.75, 3.05) is 32.4 Å². The molecule has 1 saturated heterocycles. The largest absolute Gasteiger partial charge is 0.301 e. The summed E-state index contributed by atoms with van der Waals surface area (Å²) in [5, 5.41) is 0. The first-order chi connectivity index (χ1) is 6.77. The molecule has 0 unspecified atom stereocenters. The van der Waals surface area contributed by atoms with Crippen molar-refractivity contribution in [2.24, 2.45) is 0 Å². The van der Waals surface area contributed by atoms with Gasteiger partial charge in [0.05, 0.1) is 11.8 Å². The molecular weight excluding hydrogens is 216 g/mol. The van der Waals surface area contributed by atoms with Gasteiger partial charge in [0, 0.05) is 26.2 Å². The second-order valence-corrected chi connectivity index (χ2v) is 6.40. The lowest BCUT2D eigenvalue weighted by atomic mass is 10.0. The SMILES string of the molecule is CC(C)(C=O)N1CCN(S(C)(=O)=O)CC1. The van der Waals surface area contributed by atoms with Crippen LogP contribution in [0.3, 0.4) is 0 Å². The minimum absolute atomic E-state index is 0.468. The molecule has 0 amide bonds. The lowest BCUT2D eigenvalue weighted by molar-refractivity contribution is -0.117. The molecule has 0 saturated carbocycles. The van der Waals surface area contributed by atoms with Crippen molar-refractivity contribution in [3.8, 4) is 0 Å². The smallest absolute Gasteiger partial charge is 0.211 e. The number of rotatable bonds is 3. The standard InChI is InChI=1S/C9H18N2O3S/c1-9(2,8-12)10-4-6-11(7-5-10)15(3,13)14/h8H,4-7H2,1-3H3. The minimum Gasteiger partial charge on any atom is -0.301 e. The predicted molar refractivity (Wildman–Crippen MR) is 58.1 cm³/mol. The quantitative estimate of drug-likeness (QED) is 0.620. The molecular formula is C9H18N2O3S. The van der Waals surface area contributed by atoms with Gasteiger partial charge < -0.3 is 4.79 Å². The molecule has 6 heteroatoms. The van der Waals surface area contributed by atoms with Crippen LogP contribution in [0.15, 0.2) is 0 Å². The summed E-state index contributed by atoms with van der Waals surface area (Å²) in [6, 6.07) is 0. The number of piperazine rings is 1. The van der Waals surface area contributed by atoms with Gasteiger partial charge in [0.1, 0.15) is 6.29 Å². The lowest BCUT2D eigenvalue weighted by Crippen LogP contribution is -2.56. The molecule has 0 aromatic carbocycles. The Morgan fingerprint density at radius 2 is 1.60 bits per heavy atom. The Labute approximate surface area is 91.1 Å². The van der Waals surface area contributed by atoms with Crippen LogP contribution >= 0.6 is 0 Å². The first-order valence-corrected chi connectivity index (χ1v) is 6.79. The Kier molecular flexibility index (Phi) is 3.52. The lowest BCUT2D eigenvalue weighted by Gasteiger charge is -2.40. The van der Waals surface area contributed by atoms with Crippen molar-refractivity contribution < 1.29 is 13.2 Å². The molecule has 0 aliphatic carbocycles. The van der Waals surface area contributed by atoms with Crippen LogP contribution in [-0.4, -0.2) is 61.9 Å². The van der Waals surface area contributed by atoms with Gasteiger partial charge in [-0.1, -0.05) is 0 Å². The fraction of sp³-hybridized carbons (Fsp3) is 0.889. The molecule has 5 nitrogen and oxygen atoms in total. The van der Waals surface area contributed by atoms with E-state index < -0.39 is 15.6 Å². The second-order valence-electron chi connectivity index (χ2n) is 4.42. The van der Waals surface area contributed by atoms with Gasteiger partial charge in [0.2, 0.25) is 10.0 Å². The molecule has 0 atom stereocenters. The molecule has 0 aromatic heterocycles. The average Bonchev–Trinajstić information content (AvgIpc) is 2.17. The van der Waals surface area contributed by atoms with Crippen LogP contribution in [0.2, 0.25) is 0 Å². The van der Waals surface area contributed by atoms with Gasteiger partial charge in [-0.3, -0.25) is 4.90 Å². The fourth-order valence-electron chi connectivity index (χ4n) is 1.67. The first-order valence-electron chi connectivity index (χ1n) is 4.94. The maximum atomic E-state index is 11.3. The monoisotopic (exact) mass is 234 g/mol. The molecule has 0 radical (unpaired) electrons. The Balaban J connectivity index is 2.61. The van der Waals surface area contributed by atoms with Gasteiger partial charge in [0.15, 0.2) is 0 Å². The maximum Gasteiger partial charge on any atom is 0.211 e. The number of carbonyl (C=O) groups is 1. The van der Waals surface area contributed by atoms with Gasteiger partial charge in [-0.15, -0.1) is 0 Å². The van der Waals surface area contributed by atoms with Crippen molar-refractivity contribution in [3.63, 3.8) is 0 Å². The molecule has 0 aromatic rings. The van der Waals surface area contributed by atoms with E-state index in [9.17, 15) is 13.2 Å². The Bertz CT molecular complexity index is 329. The van der Waals surface area contributed by atoms with Crippen LogP contribution in [0, 0.1) is 0 Å². The summed E-state index contributed by atoms with van der Waals surface area (Å²) in [5.74, 6) is 0. The van der Waals surface area contributed by atoms with E-state index in [-0.39, 0.29) is 0 Å². The average molecular weight is 234 g/mol. The molecule has 1 heterocycles. The normalized spacial score (nSPS) is 21.5. The van der Waals surface area contributed by atoms with Crippen LogP contribution < -0.4 is 0 Å². The van der Waals surface area contributed by atoms with Gasteiger partial charge in [0.25, 0.3) is 0 Å². The zero-order chi connectivity index (χ0) is 11.7. The second kappa shape index (κ2) is 4.19. The Morgan fingerprint density at radius 1 is 1.13 bits per heavy atom. The van der Waals surface area contributed by atoms with Gasteiger partial charge in [-0.05, 0) is 13.8 Å². The van der Waals surface area contributed by atoms with E-state index in [1.54, 1.807) is 0 Å². The summed E-state index contributed by atoms with van der Waals surface area (Å²) in [6.45, 7) is 5.84.